The maximum atomic E-state index is 5.80. The molecule has 0 aliphatic heterocycles. The van der Waals surface area contributed by atoms with Gasteiger partial charge < -0.3 is 13.6 Å². The fourth-order valence-corrected chi connectivity index (χ4v) is 10.7. The molecule has 1 unspecified atom stereocenters. The van der Waals surface area contributed by atoms with Crippen molar-refractivity contribution in [3.63, 3.8) is 0 Å². The maximum Gasteiger partial charge on any atom is 0.347 e. The van der Waals surface area contributed by atoms with Crippen LogP contribution in [0.25, 0.3) is 0 Å². The number of rotatable bonds is 6. The minimum absolute atomic E-state index is 1.09. The van der Waals surface area contributed by atoms with Gasteiger partial charge in [-0.1, -0.05) is 33.5 Å². The Morgan fingerprint density at radius 3 is 1.79 bits per heavy atom. The van der Waals surface area contributed by atoms with Crippen LogP contribution < -0.4 is 4.98 Å². The van der Waals surface area contributed by atoms with Gasteiger partial charge in [-0.25, -0.2) is 0 Å². The van der Waals surface area contributed by atoms with Gasteiger partial charge in [-0.3, -0.25) is 0 Å². The summed E-state index contributed by atoms with van der Waals surface area (Å²) in [7, 11) is 0.757. The molecule has 0 aliphatic carbocycles. The normalized spacial score (nSPS) is 17.1. The third-order valence-corrected chi connectivity index (χ3v) is 11.4. The van der Waals surface area contributed by atoms with Gasteiger partial charge in [0.1, 0.15) is 8.24 Å². The topological polar surface area (TPSA) is 24.5 Å². The Kier molecular flexibility index (Phi) is 5.53. The third-order valence-electron chi connectivity index (χ3n) is 2.77. The van der Waals surface area contributed by atoms with Crippen LogP contribution in [0.2, 0.25) is 25.7 Å². The first kappa shape index (κ1) is 14.3. The molecule has 0 radical (unpaired) electrons. The molecule has 0 aromatic carbocycles. The summed E-state index contributed by atoms with van der Waals surface area (Å²) in [6.45, 7) is 12.7. The lowest BCUT2D eigenvalue weighted by Gasteiger charge is -2.45. The summed E-state index contributed by atoms with van der Waals surface area (Å²) < 4.78 is 8.42. The van der Waals surface area contributed by atoms with Crippen LogP contribution in [0.3, 0.4) is 0 Å². The van der Waals surface area contributed by atoms with E-state index in [-0.39, 0.29) is 0 Å². The Hall–Kier alpha value is 0.314. The lowest BCUT2D eigenvalue weighted by molar-refractivity contribution is 0.328. The second-order valence-electron chi connectivity index (χ2n) is 4.51. The van der Waals surface area contributed by atoms with Crippen molar-refractivity contribution in [2.75, 3.05) is 20.7 Å². The summed E-state index contributed by atoms with van der Waals surface area (Å²) in [4.78, 5) is 3.45. The third kappa shape index (κ3) is 2.90. The molecule has 5 heteroatoms. The molecule has 0 saturated carbocycles. The van der Waals surface area contributed by atoms with E-state index in [9.17, 15) is 0 Å². The number of hydrogen-bond acceptors (Lipinski definition) is 3. The zero-order valence-corrected chi connectivity index (χ0v) is 12.8. The molecule has 86 valence electrons. The molecule has 3 nitrogen and oxygen atoms in total. The van der Waals surface area contributed by atoms with Crippen LogP contribution in [-0.4, -0.2) is 41.8 Å². The van der Waals surface area contributed by atoms with E-state index in [0.29, 0.717) is 0 Å². The quantitative estimate of drug-likeness (QED) is 0.711. The summed E-state index contributed by atoms with van der Waals surface area (Å²) in [5.41, 5.74) is 0. The predicted octanol–water partition coefficient (Wildman–Crippen LogP) is 1.97. The Balaban J connectivity index is 4.94. The summed E-state index contributed by atoms with van der Waals surface area (Å²) in [6.07, 6.45) is 0. The summed E-state index contributed by atoms with van der Waals surface area (Å²) in [6, 6.07) is 1.10. The molecule has 0 aromatic rings. The van der Waals surface area contributed by atoms with Gasteiger partial charge in [0.2, 0.25) is 0 Å². The molecule has 0 fully saturated rings. The lowest BCUT2D eigenvalue weighted by Crippen LogP contribution is -2.71. The molecular weight excluding hydrogens is 208 g/mol. The Morgan fingerprint density at radius 1 is 1.21 bits per heavy atom. The highest BCUT2D eigenvalue weighted by Crippen LogP contribution is 2.20. The first-order valence-electron chi connectivity index (χ1n) is 5.39. The van der Waals surface area contributed by atoms with Gasteiger partial charge in [0.25, 0.3) is 0 Å². The zero-order chi connectivity index (χ0) is 11.4. The number of nitrogens with zero attached hydrogens (tertiary/aromatic N) is 1. The highest BCUT2D eigenvalue weighted by molar-refractivity contribution is 6.87. The zero-order valence-electron chi connectivity index (χ0n) is 10.8. The van der Waals surface area contributed by atoms with Gasteiger partial charge in [0.15, 0.2) is 0 Å². The Bertz CT molecular complexity index is 158. The van der Waals surface area contributed by atoms with Gasteiger partial charge in [0, 0.05) is 7.11 Å². The average molecular weight is 234 g/mol. The second-order valence-corrected chi connectivity index (χ2v) is 13.6. The predicted molar refractivity (Wildman–Crippen MR) is 68.0 cm³/mol. The van der Waals surface area contributed by atoms with Crippen LogP contribution in [0, 0.1) is 0 Å². The van der Waals surface area contributed by atoms with Crippen molar-refractivity contribution in [1.29, 1.82) is 0 Å². The van der Waals surface area contributed by atoms with Crippen molar-refractivity contribution >= 4 is 16.9 Å². The fraction of sp³-hybridized carbons (Fsp3) is 1.00. The van der Waals surface area contributed by atoms with Crippen LogP contribution in [-0.2, 0) is 4.43 Å². The van der Waals surface area contributed by atoms with Crippen molar-refractivity contribution < 1.29 is 4.43 Å². The van der Waals surface area contributed by atoms with Gasteiger partial charge in [-0.15, -0.1) is 0 Å². The molecule has 14 heavy (non-hydrogen) atoms. The van der Waals surface area contributed by atoms with Crippen molar-refractivity contribution in [3.05, 3.63) is 0 Å². The van der Waals surface area contributed by atoms with E-state index in [4.69, 9.17) is 4.43 Å². The molecule has 0 amide bonds. The highest BCUT2D eigenvalue weighted by atomic mass is 28.4. The summed E-state index contributed by atoms with van der Waals surface area (Å²) in [5, 5.41) is 0. The minimum Gasteiger partial charge on any atom is -0.395 e. The number of nitrogens with one attached hydrogen (secondary N) is 1. The van der Waals surface area contributed by atoms with Crippen LogP contribution in [0.5, 0.6) is 0 Å². The molecule has 0 heterocycles. The van der Waals surface area contributed by atoms with E-state index in [0.717, 1.165) is 12.6 Å². The molecule has 0 aliphatic rings. The van der Waals surface area contributed by atoms with Crippen LogP contribution >= 0.6 is 0 Å². The van der Waals surface area contributed by atoms with E-state index in [1.165, 1.54) is 0 Å². The van der Waals surface area contributed by atoms with Crippen molar-refractivity contribution in [2.45, 2.75) is 39.5 Å². The smallest absolute Gasteiger partial charge is 0.347 e. The first-order chi connectivity index (χ1) is 6.37. The van der Waals surface area contributed by atoms with Gasteiger partial charge in [-0.05, 0) is 19.6 Å². The molecule has 1 N–H and O–H groups in total. The molecule has 0 spiro atoms. The van der Waals surface area contributed by atoms with E-state index < -0.39 is 16.9 Å². The maximum absolute atomic E-state index is 5.80. The lowest BCUT2D eigenvalue weighted by atomic mass is 10.8. The monoisotopic (exact) mass is 234 g/mol. The molecule has 0 aromatic heterocycles. The van der Waals surface area contributed by atoms with E-state index in [1.807, 2.05) is 14.2 Å². The molecular formula is C9H26N2OSi2. The van der Waals surface area contributed by atoms with Crippen LogP contribution in [0.1, 0.15) is 13.8 Å². The molecule has 0 bridgehead atoms. The molecule has 0 saturated heterocycles. The SMILES string of the molecule is CCN([Si](C)(C)C)[Si](CC)(NC)OC. The standard InChI is InChI=1S/C9H26N2OSi2/c1-8-11(13(5,6)7)14(9-2,10-3)12-4/h10H,8-9H2,1-7H3. The van der Waals surface area contributed by atoms with Crippen molar-refractivity contribution in [1.82, 2.24) is 9.21 Å². The number of hydrogen-bond donors (Lipinski definition) is 1. The summed E-state index contributed by atoms with van der Waals surface area (Å²) in [5.74, 6) is 0. The van der Waals surface area contributed by atoms with Gasteiger partial charge in [0.05, 0.1) is 0 Å². The van der Waals surface area contributed by atoms with Crippen molar-refractivity contribution in [3.8, 4) is 0 Å². The largest absolute Gasteiger partial charge is 0.395 e. The summed E-state index contributed by atoms with van der Waals surface area (Å²) >= 11 is 0. The van der Waals surface area contributed by atoms with Crippen LogP contribution in [0.4, 0.5) is 0 Å². The van der Waals surface area contributed by atoms with Crippen molar-refractivity contribution in [2.24, 2.45) is 0 Å². The van der Waals surface area contributed by atoms with E-state index in [1.54, 1.807) is 0 Å². The fourth-order valence-electron chi connectivity index (χ4n) is 2.13. The Labute approximate surface area is 91.2 Å². The molecule has 0 rings (SSSR count). The minimum atomic E-state index is -1.84. The van der Waals surface area contributed by atoms with Gasteiger partial charge in [-0.2, -0.15) is 0 Å². The molecule has 1 atom stereocenters. The van der Waals surface area contributed by atoms with Gasteiger partial charge >= 0.3 is 8.64 Å². The van der Waals surface area contributed by atoms with Crippen LogP contribution in [0.15, 0.2) is 0 Å². The van der Waals surface area contributed by atoms with E-state index >= 15 is 0 Å². The highest BCUT2D eigenvalue weighted by Gasteiger charge is 2.43. The second kappa shape index (κ2) is 5.41. The first-order valence-corrected chi connectivity index (χ1v) is 10.9. The Morgan fingerprint density at radius 2 is 1.71 bits per heavy atom. The average Bonchev–Trinajstić information content (AvgIpc) is 2.12. The van der Waals surface area contributed by atoms with E-state index in [2.05, 4.69) is 42.7 Å².